The summed E-state index contributed by atoms with van der Waals surface area (Å²) in [6.07, 6.45) is 2.01. The number of carbonyl (C=O) groups excluding carboxylic acids is 1. The third kappa shape index (κ3) is 4.31. The maximum Gasteiger partial charge on any atom is 0.256 e. The number of methoxy groups -OCH3 is 2. The topological polar surface area (TPSA) is 82.3 Å². The molecule has 0 radical (unpaired) electrons. The maximum absolute atomic E-state index is 13.0. The van der Waals surface area contributed by atoms with E-state index < -0.39 is 0 Å². The van der Waals surface area contributed by atoms with E-state index in [9.17, 15) is 4.79 Å². The van der Waals surface area contributed by atoms with Crippen LogP contribution in [0.3, 0.4) is 0 Å². The molecule has 156 valence electrons. The molecule has 1 aliphatic heterocycles. The maximum atomic E-state index is 13.0. The molecule has 2 aromatic carbocycles. The third-order valence-electron chi connectivity index (χ3n) is 5.02. The molecule has 1 fully saturated rings. The molecule has 4 rings (SSSR count). The molecule has 1 aliphatic rings. The van der Waals surface area contributed by atoms with Crippen molar-refractivity contribution in [3.05, 3.63) is 59.6 Å². The molecule has 1 aromatic heterocycles. The SMILES string of the molecule is COc1ccc(OC)c(N=c2oc3ccccc3cc2C(=O)NC[C@H]2CCCO2)c1. The number of rotatable bonds is 6. The Kier molecular flexibility index (Phi) is 5.99. The van der Waals surface area contributed by atoms with E-state index >= 15 is 0 Å². The molecule has 0 saturated carbocycles. The first-order valence-corrected chi connectivity index (χ1v) is 9.87. The summed E-state index contributed by atoms with van der Waals surface area (Å²) in [5, 5.41) is 3.76. The number of hydrogen-bond acceptors (Lipinski definition) is 6. The summed E-state index contributed by atoms with van der Waals surface area (Å²) in [6.45, 7) is 1.19. The normalized spacial score (nSPS) is 16.6. The predicted octanol–water partition coefficient (Wildman–Crippen LogP) is 3.59. The minimum atomic E-state index is -0.263. The molecule has 1 N–H and O–H groups in total. The molecular formula is C23H24N2O5. The molecule has 0 unspecified atom stereocenters. The monoisotopic (exact) mass is 408 g/mol. The van der Waals surface area contributed by atoms with E-state index in [0.717, 1.165) is 24.8 Å². The predicted molar refractivity (Wildman–Crippen MR) is 112 cm³/mol. The highest BCUT2D eigenvalue weighted by atomic mass is 16.5. The molecule has 0 spiro atoms. The van der Waals surface area contributed by atoms with Crippen LogP contribution in [-0.4, -0.2) is 39.4 Å². The average molecular weight is 408 g/mol. The van der Waals surface area contributed by atoms with Crippen molar-refractivity contribution in [1.29, 1.82) is 0 Å². The number of para-hydroxylation sites is 1. The zero-order valence-corrected chi connectivity index (χ0v) is 17.0. The number of carbonyl (C=O) groups is 1. The van der Waals surface area contributed by atoms with Gasteiger partial charge in [-0.25, -0.2) is 4.99 Å². The van der Waals surface area contributed by atoms with E-state index in [0.29, 0.717) is 34.9 Å². The van der Waals surface area contributed by atoms with Gasteiger partial charge in [-0.05, 0) is 37.1 Å². The van der Waals surface area contributed by atoms with Crippen LogP contribution in [0.2, 0.25) is 0 Å². The Hall–Kier alpha value is -3.32. The molecule has 2 heterocycles. The fraction of sp³-hybridized carbons (Fsp3) is 0.304. The Morgan fingerprint density at radius 1 is 1.17 bits per heavy atom. The van der Waals surface area contributed by atoms with E-state index in [1.54, 1.807) is 38.5 Å². The largest absolute Gasteiger partial charge is 0.497 e. The van der Waals surface area contributed by atoms with Crippen LogP contribution >= 0.6 is 0 Å². The summed E-state index contributed by atoms with van der Waals surface area (Å²) >= 11 is 0. The lowest BCUT2D eigenvalue weighted by atomic mass is 10.1. The quantitative estimate of drug-likeness (QED) is 0.674. The second-order valence-corrected chi connectivity index (χ2v) is 7.00. The van der Waals surface area contributed by atoms with E-state index in [1.165, 1.54) is 0 Å². The van der Waals surface area contributed by atoms with Crippen LogP contribution in [0.5, 0.6) is 11.5 Å². The minimum Gasteiger partial charge on any atom is -0.497 e. The second-order valence-electron chi connectivity index (χ2n) is 7.00. The van der Waals surface area contributed by atoms with E-state index in [2.05, 4.69) is 10.3 Å². The van der Waals surface area contributed by atoms with Crippen molar-refractivity contribution in [2.24, 2.45) is 4.99 Å². The van der Waals surface area contributed by atoms with Crippen LogP contribution in [0.4, 0.5) is 5.69 Å². The number of benzene rings is 2. The molecule has 1 amide bonds. The fourth-order valence-corrected chi connectivity index (χ4v) is 3.42. The average Bonchev–Trinajstić information content (AvgIpc) is 3.30. The van der Waals surface area contributed by atoms with Gasteiger partial charge in [0.25, 0.3) is 5.91 Å². The summed E-state index contributed by atoms with van der Waals surface area (Å²) in [5.41, 5.74) is 1.68. The van der Waals surface area contributed by atoms with Crippen molar-refractivity contribution in [2.45, 2.75) is 18.9 Å². The van der Waals surface area contributed by atoms with Crippen LogP contribution in [0, 0.1) is 0 Å². The smallest absolute Gasteiger partial charge is 0.256 e. The van der Waals surface area contributed by atoms with Crippen LogP contribution in [0.1, 0.15) is 23.2 Å². The number of nitrogens with one attached hydrogen (secondary N) is 1. The van der Waals surface area contributed by atoms with Gasteiger partial charge in [-0.15, -0.1) is 0 Å². The van der Waals surface area contributed by atoms with Gasteiger partial charge < -0.3 is 23.9 Å². The molecular weight excluding hydrogens is 384 g/mol. The van der Waals surface area contributed by atoms with Gasteiger partial charge in [-0.2, -0.15) is 0 Å². The highest BCUT2D eigenvalue weighted by Gasteiger charge is 2.19. The Morgan fingerprint density at radius 3 is 2.80 bits per heavy atom. The van der Waals surface area contributed by atoms with Gasteiger partial charge in [0, 0.05) is 24.6 Å². The molecule has 3 aromatic rings. The van der Waals surface area contributed by atoms with Gasteiger partial charge in [-0.1, -0.05) is 18.2 Å². The van der Waals surface area contributed by atoms with Gasteiger partial charge in [0.15, 0.2) is 0 Å². The number of amides is 1. The number of nitrogens with zero attached hydrogens (tertiary/aromatic N) is 1. The Balaban J connectivity index is 1.78. The lowest BCUT2D eigenvalue weighted by Gasteiger charge is -2.11. The second kappa shape index (κ2) is 9.00. The van der Waals surface area contributed by atoms with Crippen molar-refractivity contribution in [3.8, 4) is 11.5 Å². The van der Waals surface area contributed by atoms with Crippen molar-refractivity contribution in [1.82, 2.24) is 5.32 Å². The van der Waals surface area contributed by atoms with Gasteiger partial charge in [0.1, 0.15) is 28.3 Å². The Labute approximate surface area is 174 Å². The number of hydrogen-bond donors (Lipinski definition) is 1. The van der Waals surface area contributed by atoms with Gasteiger partial charge >= 0.3 is 0 Å². The number of ether oxygens (including phenoxy) is 3. The van der Waals surface area contributed by atoms with Crippen LogP contribution < -0.4 is 20.3 Å². The highest BCUT2D eigenvalue weighted by Crippen LogP contribution is 2.31. The summed E-state index contributed by atoms with van der Waals surface area (Å²) in [5.74, 6) is 0.908. The Morgan fingerprint density at radius 2 is 2.03 bits per heavy atom. The summed E-state index contributed by atoms with van der Waals surface area (Å²) < 4.78 is 22.3. The van der Waals surface area contributed by atoms with E-state index in [4.69, 9.17) is 18.6 Å². The fourth-order valence-electron chi connectivity index (χ4n) is 3.42. The molecule has 30 heavy (non-hydrogen) atoms. The molecule has 7 nitrogen and oxygen atoms in total. The summed E-state index contributed by atoms with van der Waals surface area (Å²) in [4.78, 5) is 17.6. The Bertz CT molecular complexity index is 1120. The van der Waals surface area contributed by atoms with Gasteiger partial charge in [-0.3, -0.25) is 4.79 Å². The number of fused-ring (bicyclic) bond motifs is 1. The van der Waals surface area contributed by atoms with E-state index in [-0.39, 0.29) is 17.6 Å². The van der Waals surface area contributed by atoms with Crippen molar-refractivity contribution in [3.63, 3.8) is 0 Å². The molecule has 1 saturated heterocycles. The van der Waals surface area contributed by atoms with Crippen molar-refractivity contribution < 1.29 is 23.4 Å². The minimum absolute atomic E-state index is 0.0465. The summed E-state index contributed by atoms with van der Waals surface area (Å²) in [6, 6.07) is 14.6. The molecule has 0 aliphatic carbocycles. The zero-order chi connectivity index (χ0) is 20.9. The molecule has 0 bridgehead atoms. The molecule has 1 atom stereocenters. The first-order valence-electron chi connectivity index (χ1n) is 9.87. The molecule has 7 heteroatoms. The first-order chi connectivity index (χ1) is 14.7. The van der Waals surface area contributed by atoms with Crippen LogP contribution in [0.15, 0.2) is 57.9 Å². The standard InChI is InChI=1S/C23H24N2O5/c1-27-16-9-10-21(28-2)19(13-16)25-23-18(12-15-6-3-4-8-20(15)30-23)22(26)24-14-17-7-5-11-29-17/h3-4,6,8-10,12-13,17H,5,7,11,14H2,1-2H3,(H,24,26)/t17-/m1/s1. The van der Waals surface area contributed by atoms with Gasteiger partial charge in [0.2, 0.25) is 5.55 Å². The zero-order valence-electron chi connectivity index (χ0n) is 17.0. The van der Waals surface area contributed by atoms with Crippen molar-refractivity contribution in [2.75, 3.05) is 27.4 Å². The van der Waals surface area contributed by atoms with E-state index in [1.807, 2.05) is 24.3 Å². The van der Waals surface area contributed by atoms with Gasteiger partial charge in [0.05, 0.1) is 20.3 Å². The van der Waals surface area contributed by atoms with Crippen LogP contribution in [-0.2, 0) is 4.74 Å². The lowest BCUT2D eigenvalue weighted by Crippen LogP contribution is -2.34. The highest BCUT2D eigenvalue weighted by molar-refractivity contribution is 5.96. The van der Waals surface area contributed by atoms with Crippen molar-refractivity contribution >= 4 is 22.6 Å². The summed E-state index contributed by atoms with van der Waals surface area (Å²) in [7, 11) is 3.14. The first kappa shape index (κ1) is 20.0. The third-order valence-corrected chi connectivity index (χ3v) is 5.02. The lowest BCUT2D eigenvalue weighted by molar-refractivity contribution is 0.0854. The van der Waals surface area contributed by atoms with Crippen LogP contribution in [0.25, 0.3) is 11.0 Å².